The van der Waals surface area contributed by atoms with Gasteiger partial charge in [0.15, 0.2) is 0 Å². The Bertz CT molecular complexity index is 506. The Kier molecular flexibility index (Phi) is 5.76. The third-order valence-electron chi connectivity index (χ3n) is 3.23. The van der Waals surface area contributed by atoms with Crippen LogP contribution in [0.3, 0.4) is 0 Å². The van der Waals surface area contributed by atoms with Crippen LogP contribution in [-0.4, -0.2) is 23.1 Å². The van der Waals surface area contributed by atoms with Gasteiger partial charge in [-0.1, -0.05) is 45.9 Å². The minimum atomic E-state index is -0.919. The standard InChI is InChI=1S/C16H24N2O3/c1-5-11(10-14(19)20)17-15(21)18-13-9-7-6-8-12(13)16(2,3)4/h6-9,11H,5,10H2,1-4H3,(H,19,20)(H2,17,18,21). The number of nitrogens with one attached hydrogen (secondary N) is 2. The van der Waals surface area contributed by atoms with Gasteiger partial charge in [-0.2, -0.15) is 0 Å². The van der Waals surface area contributed by atoms with E-state index in [2.05, 4.69) is 31.4 Å². The Labute approximate surface area is 125 Å². The first-order valence-electron chi connectivity index (χ1n) is 7.13. The van der Waals surface area contributed by atoms with Gasteiger partial charge >= 0.3 is 12.0 Å². The first-order chi connectivity index (χ1) is 9.74. The minimum Gasteiger partial charge on any atom is -0.481 e. The zero-order valence-corrected chi connectivity index (χ0v) is 13.1. The van der Waals surface area contributed by atoms with Gasteiger partial charge < -0.3 is 15.7 Å². The number of benzene rings is 1. The van der Waals surface area contributed by atoms with Crippen molar-refractivity contribution in [1.82, 2.24) is 5.32 Å². The molecule has 2 amide bonds. The fraction of sp³-hybridized carbons (Fsp3) is 0.500. The van der Waals surface area contributed by atoms with Gasteiger partial charge in [0.1, 0.15) is 0 Å². The van der Waals surface area contributed by atoms with Crippen molar-refractivity contribution in [2.75, 3.05) is 5.32 Å². The number of aliphatic carboxylic acids is 1. The van der Waals surface area contributed by atoms with Crippen LogP contribution >= 0.6 is 0 Å². The summed E-state index contributed by atoms with van der Waals surface area (Å²) in [4.78, 5) is 22.7. The van der Waals surface area contributed by atoms with Crippen molar-refractivity contribution in [2.24, 2.45) is 0 Å². The Balaban J connectivity index is 2.77. The maximum absolute atomic E-state index is 12.0. The molecule has 3 N–H and O–H groups in total. The molecule has 0 aliphatic carbocycles. The zero-order chi connectivity index (χ0) is 16.0. The van der Waals surface area contributed by atoms with E-state index in [0.717, 1.165) is 11.3 Å². The maximum atomic E-state index is 12.0. The van der Waals surface area contributed by atoms with Crippen LogP contribution in [0.2, 0.25) is 0 Å². The van der Waals surface area contributed by atoms with Crippen molar-refractivity contribution in [3.8, 4) is 0 Å². The van der Waals surface area contributed by atoms with Gasteiger partial charge in [0.25, 0.3) is 0 Å². The number of carboxylic acids is 1. The number of hydrogen-bond acceptors (Lipinski definition) is 2. The van der Waals surface area contributed by atoms with Gasteiger partial charge in [-0.3, -0.25) is 4.79 Å². The number of anilines is 1. The molecular weight excluding hydrogens is 268 g/mol. The maximum Gasteiger partial charge on any atom is 0.319 e. The lowest BCUT2D eigenvalue weighted by Gasteiger charge is -2.23. The number of hydrogen-bond donors (Lipinski definition) is 3. The number of rotatable bonds is 5. The molecule has 0 aliphatic rings. The summed E-state index contributed by atoms with van der Waals surface area (Å²) in [7, 11) is 0. The molecule has 0 bridgehead atoms. The topological polar surface area (TPSA) is 78.4 Å². The zero-order valence-electron chi connectivity index (χ0n) is 13.1. The summed E-state index contributed by atoms with van der Waals surface area (Å²) in [5.74, 6) is -0.919. The summed E-state index contributed by atoms with van der Waals surface area (Å²) in [6, 6.07) is 6.87. The molecule has 1 unspecified atom stereocenters. The van der Waals surface area contributed by atoms with Crippen LogP contribution in [0.4, 0.5) is 10.5 Å². The summed E-state index contributed by atoms with van der Waals surface area (Å²) in [5.41, 5.74) is 1.69. The first kappa shape index (κ1) is 17.0. The molecule has 21 heavy (non-hydrogen) atoms. The van der Waals surface area contributed by atoms with E-state index in [1.807, 2.05) is 31.2 Å². The fourth-order valence-corrected chi connectivity index (χ4v) is 2.10. The molecule has 0 heterocycles. The van der Waals surface area contributed by atoms with Gasteiger partial charge in [-0.05, 0) is 23.5 Å². The van der Waals surface area contributed by atoms with Crippen LogP contribution in [0.5, 0.6) is 0 Å². The second kappa shape index (κ2) is 7.11. The summed E-state index contributed by atoms with van der Waals surface area (Å²) in [5, 5.41) is 14.3. The molecule has 5 heteroatoms. The fourth-order valence-electron chi connectivity index (χ4n) is 2.10. The first-order valence-corrected chi connectivity index (χ1v) is 7.13. The van der Waals surface area contributed by atoms with Gasteiger partial charge in [0, 0.05) is 11.7 Å². The minimum absolute atomic E-state index is 0.0785. The smallest absolute Gasteiger partial charge is 0.319 e. The molecular formula is C16H24N2O3. The number of carboxylic acid groups (broad SMARTS) is 1. The molecule has 0 radical (unpaired) electrons. The number of carbonyl (C=O) groups excluding carboxylic acids is 1. The van der Waals surface area contributed by atoms with Crippen LogP contribution in [0.25, 0.3) is 0 Å². The highest BCUT2D eigenvalue weighted by Gasteiger charge is 2.19. The van der Waals surface area contributed by atoms with Crippen LogP contribution < -0.4 is 10.6 Å². The lowest BCUT2D eigenvalue weighted by atomic mass is 9.86. The van der Waals surface area contributed by atoms with E-state index in [4.69, 9.17) is 5.11 Å². The predicted molar refractivity (Wildman–Crippen MR) is 83.6 cm³/mol. The second-order valence-corrected chi connectivity index (χ2v) is 6.10. The number of amides is 2. The number of urea groups is 1. The quantitative estimate of drug-likeness (QED) is 0.778. The SMILES string of the molecule is CCC(CC(=O)O)NC(=O)Nc1ccccc1C(C)(C)C. The molecule has 1 rings (SSSR count). The van der Waals surface area contributed by atoms with E-state index in [9.17, 15) is 9.59 Å². The molecule has 0 spiro atoms. The number of carbonyl (C=O) groups is 2. The Morgan fingerprint density at radius 2 is 1.86 bits per heavy atom. The lowest BCUT2D eigenvalue weighted by Crippen LogP contribution is -2.39. The van der Waals surface area contributed by atoms with Crippen molar-refractivity contribution in [2.45, 2.75) is 52.0 Å². The van der Waals surface area contributed by atoms with E-state index < -0.39 is 5.97 Å². The highest BCUT2D eigenvalue weighted by atomic mass is 16.4. The second-order valence-electron chi connectivity index (χ2n) is 6.10. The third kappa shape index (κ3) is 5.45. The Hall–Kier alpha value is -2.04. The van der Waals surface area contributed by atoms with Gasteiger partial charge in [-0.25, -0.2) is 4.79 Å². The summed E-state index contributed by atoms with van der Waals surface area (Å²) in [6.45, 7) is 8.07. The molecule has 1 atom stereocenters. The average molecular weight is 292 g/mol. The van der Waals surface area contributed by atoms with Crippen molar-refractivity contribution in [3.05, 3.63) is 29.8 Å². The van der Waals surface area contributed by atoms with Gasteiger partial charge in [0.2, 0.25) is 0 Å². The average Bonchev–Trinajstić information content (AvgIpc) is 2.36. The van der Waals surface area contributed by atoms with Crippen molar-refractivity contribution in [1.29, 1.82) is 0 Å². The molecule has 5 nitrogen and oxygen atoms in total. The Morgan fingerprint density at radius 1 is 1.24 bits per heavy atom. The van der Waals surface area contributed by atoms with Crippen molar-refractivity contribution < 1.29 is 14.7 Å². The van der Waals surface area contributed by atoms with Crippen LogP contribution in [-0.2, 0) is 10.2 Å². The number of para-hydroxylation sites is 1. The highest BCUT2D eigenvalue weighted by molar-refractivity contribution is 5.90. The predicted octanol–water partition coefficient (Wildman–Crippen LogP) is 3.36. The molecule has 1 aromatic carbocycles. The van der Waals surface area contributed by atoms with E-state index in [0.29, 0.717) is 6.42 Å². The van der Waals surface area contributed by atoms with Crippen LogP contribution in [0.15, 0.2) is 24.3 Å². The van der Waals surface area contributed by atoms with Crippen LogP contribution in [0, 0.1) is 0 Å². The highest BCUT2D eigenvalue weighted by Crippen LogP contribution is 2.29. The summed E-state index contributed by atoms with van der Waals surface area (Å²) >= 11 is 0. The summed E-state index contributed by atoms with van der Waals surface area (Å²) in [6.07, 6.45) is 0.492. The van der Waals surface area contributed by atoms with Crippen molar-refractivity contribution >= 4 is 17.7 Å². The monoisotopic (exact) mass is 292 g/mol. The molecule has 0 aliphatic heterocycles. The molecule has 116 valence electrons. The Morgan fingerprint density at radius 3 is 2.38 bits per heavy atom. The van der Waals surface area contributed by atoms with Crippen molar-refractivity contribution in [3.63, 3.8) is 0 Å². The van der Waals surface area contributed by atoms with Crippen LogP contribution in [0.1, 0.15) is 46.1 Å². The van der Waals surface area contributed by atoms with Gasteiger partial charge in [-0.15, -0.1) is 0 Å². The van der Waals surface area contributed by atoms with E-state index in [1.165, 1.54) is 0 Å². The largest absolute Gasteiger partial charge is 0.481 e. The lowest BCUT2D eigenvalue weighted by molar-refractivity contribution is -0.137. The van der Waals surface area contributed by atoms with E-state index in [1.54, 1.807) is 0 Å². The molecule has 0 saturated heterocycles. The normalized spacial score (nSPS) is 12.6. The molecule has 1 aromatic rings. The third-order valence-corrected chi connectivity index (χ3v) is 3.23. The summed E-state index contributed by atoms with van der Waals surface area (Å²) < 4.78 is 0. The van der Waals surface area contributed by atoms with Gasteiger partial charge in [0.05, 0.1) is 6.42 Å². The molecule has 0 fully saturated rings. The molecule has 0 aromatic heterocycles. The molecule has 0 saturated carbocycles. The van der Waals surface area contributed by atoms with E-state index in [-0.39, 0.29) is 23.9 Å². The van der Waals surface area contributed by atoms with E-state index >= 15 is 0 Å².